The summed E-state index contributed by atoms with van der Waals surface area (Å²) in [6, 6.07) is 8.45. The van der Waals surface area contributed by atoms with Gasteiger partial charge in [-0.2, -0.15) is 5.10 Å². The molecule has 1 saturated heterocycles. The van der Waals surface area contributed by atoms with Gasteiger partial charge in [-0.1, -0.05) is 29.8 Å². The zero-order valence-corrected chi connectivity index (χ0v) is 14.4. The fourth-order valence-corrected chi connectivity index (χ4v) is 3.29. The standard InChI is InChI=1S/C19H25N3O2/c1-3-24-19(23)16-5-4-10-22(12-16)13-17-11-20-21-18(17)15-8-6-14(2)7-9-15/h6-9,11,16H,3-5,10,12-13H2,1-2H3,(H,20,21)/t16-/m0/s1. The number of benzene rings is 1. The zero-order valence-electron chi connectivity index (χ0n) is 14.4. The molecule has 1 aliphatic heterocycles. The number of H-pyrrole nitrogens is 1. The Labute approximate surface area is 143 Å². The molecule has 0 spiro atoms. The summed E-state index contributed by atoms with van der Waals surface area (Å²) in [6.45, 7) is 6.97. The average molecular weight is 327 g/mol. The summed E-state index contributed by atoms with van der Waals surface area (Å²) in [5.41, 5.74) is 4.62. The molecule has 1 aromatic carbocycles. The molecule has 0 aliphatic carbocycles. The second-order valence-electron chi connectivity index (χ2n) is 6.46. The highest BCUT2D eigenvalue weighted by Crippen LogP contribution is 2.25. The quantitative estimate of drug-likeness (QED) is 0.857. The number of carbonyl (C=O) groups is 1. The number of likely N-dealkylation sites (tertiary alicyclic amines) is 1. The van der Waals surface area contributed by atoms with Crippen LogP contribution in [0.2, 0.25) is 0 Å². The third kappa shape index (κ3) is 3.85. The number of aromatic nitrogens is 2. The molecule has 0 radical (unpaired) electrons. The Morgan fingerprint density at radius 1 is 1.38 bits per heavy atom. The molecule has 24 heavy (non-hydrogen) atoms. The first-order valence-corrected chi connectivity index (χ1v) is 8.65. The van der Waals surface area contributed by atoms with Gasteiger partial charge in [0.05, 0.1) is 24.4 Å². The monoisotopic (exact) mass is 327 g/mol. The van der Waals surface area contributed by atoms with Crippen molar-refractivity contribution in [3.63, 3.8) is 0 Å². The van der Waals surface area contributed by atoms with Gasteiger partial charge in [0.25, 0.3) is 0 Å². The van der Waals surface area contributed by atoms with Crippen LogP contribution in [0.3, 0.4) is 0 Å². The maximum Gasteiger partial charge on any atom is 0.310 e. The highest BCUT2D eigenvalue weighted by molar-refractivity contribution is 5.72. The van der Waals surface area contributed by atoms with Crippen LogP contribution in [0.25, 0.3) is 11.3 Å². The van der Waals surface area contributed by atoms with E-state index in [0.29, 0.717) is 6.61 Å². The number of hydrogen-bond acceptors (Lipinski definition) is 4. The van der Waals surface area contributed by atoms with Crippen molar-refractivity contribution in [2.45, 2.75) is 33.2 Å². The highest BCUT2D eigenvalue weighted by Gasteiger charge is 2.27. The van der Waals surface area contributed by atoms with Crippen molar-refractivity contribution in [2.24, 2.45) is 5.92 Å². The normalized spacial score (nSPS) is 18.5. The van der Waals surface area contributed by atoms with Crippen molar-refractivity contribution < 1.29 is 9.53 Å². The van der Waals surface area contributed by atoms with Gasteiger partial charge in [0.1, 0.15) is 0 Å². The molecular weight excluding hydrogens is 302 g/mol. The Morgan fingerprint density at radius 3 is 2.92 bits per heavy atom. The van der Waals surface area contributed by atoms with Crippen LogP contribution < -0.4 is 0 Å². The third-order valence-corrected chi connectivity index (χ3v) is 4.58. The second-order valence-corrected chi connectivity index (χ2v) is 6.46. The third-order valence-electron chi connectivity index (χ3n) is 4.58. The van der Waals surface area contributed by atoms with Gasteiger partial charge in [-0.05, 0) is 38.8 Å². The van der Waals surface area contributed by atoms with E-state index >= 15 is 0 Å². The number of hydrogen-bond donors (Lipinski definition) is 1. The van der Waals surface area contributed by atoms with Gasteiger partial charge in [0.2, 0.25) is 0 Å². The molecule has 1 N–H and O–H groups in total. The van der Waals surface area contributed by atoms with Gasteiger partial charge in [-0.15, -0.1) is 0 Å². The largest absolute Gasteiger partial charge is 0.466 e. The maximum atomic E-state index is 12.0. The Kier molecular flexibility index (Phi) is 5.30. The number of carbonyl (C=O) groups excluding carboxylic acids is 1. The molecule has 5 heteroatoms. The molecule has 1 atom stereocenters. The summed E-state index contributed by atoms with van der Waals surface area (Å²) in [4.78, 5) is 14.3. The summed E-state index contributed by atoms with van der Waals surface area (Å²) in [5.74, 6) is -0.0680. The Morgan fingerprint density at radius 2 is 2.17 bits per heavy atom. The van der Waals surface area contributed by atoms with E-state index in [0.717, 1.165) is 43.7 Å². The molecular formula is C19H25N3O2. The van der Waals surface area contributed by atoms with Crippen LogP contribution in [0.5, 0.6) is 0 Å². The Bertz CT molecular complexity index is 678. The molecule has 2 heterocycles. The van der Waals surface area contributed by atoms with Crippen molar-refractivity contribution in [3.8, 4) is 11.3 Å². The van der Waals surface area contributed by atoms with Crippen LogP contribution in [0, 0.1) is 12.8 Å². The minimum atomic E-state index is -0.0619. The van der Waals surface area contributed by atoms with Crippen molar-refractivity contribution in [1.29, 1.82) is 0 Å². The molecule has 1 fully saturated rings. The first-order chi connectivity index (χ1) is 11.7. The van der Waals surface area contributed by atoms with Gasteiger partial charge in [-0.25, -0.2) is 0 Å². The molecule has 3 rings (SSSR count). The Balaban J connectivity index is 1.69. The topological polar surface area (TPSA) is 58.2 Å². The molecule has 0 amide bonds. The summed E-state index contributed by atoms with van der Waals surface area (Å²) in [7, 11) is 0. The van der Waals surface area contributed by atoms with E-state index in [9.17, 15) is 4.79 Å². The number of ether oxygens (including phenoxy) is 1. The van der Waals surface area contributed by atoms with Crippen LogP contribution in [0.15, 0.2) is 30.5 Å². The van der Waals surface area contributed by atoms with E-state index in [-0.39, 0.29) is 11.9 Å². The van der Waals surface area contributed by atoms with Gasteiger partial charge >= 0.3 is 5.97 Å². The number of aromatic amines is 1. The SMILES string of the molecule is CCOC(=O)[C@H]1CCCN(Cc2cn[nH]c2-c2ccc(C)cc2)C1. The second kappa shape index (κ2) is 7.62. The molecule has 5 nitrogen and oxygen atoms in total. The van der Waals surface area contributed by atoms with E-state index < -0.39 is 0 Å². The van der Waals surface area contributed by atoms with E-state index in [4.69, 9.17) is 4.74 Å². The van der Waals surface area contributed by atoms with Gasteiger partial charge in [-0.3, -0.25) is 14.8 Å². The van der Waals surface area contributed by atoms with E-state index in [2.05, 4.69) is 46.3 Å². The number of piperidine rings is 1. The lowest BCUT2D eigenvalue weighted by Gasteiger charge is -2.31. The van der Waals surface area contributed by atoms with Crippen molar-refractivity contribution >= 4 is 5.97 Å². The number of nitrogens with one attached hydrogen (secondary N) is 1. The fraction of sp³-hybridized carbons (Fsp3) is 0.474. The lowest BCUT2D eigenvalue weighted by atomic mass is 9.97. The summed E-state index contributed by atoms with van der Waals surface area (Å²) in [5, 5.41) is 7.34. The van der Waals surface area contributed by atoms with Crippen molar-refractivity contribution in [1.82, 2.24) is 15.1 Å². The van der Waals surface area contributed by atoms with Crippen LogP contribution in [-0.2, 0) is 16.1 Å². The van der Waals surface area contributed by atoms with Crippen molar-refractivity contribution in [3.05, 3.63) is 41.6 Å². The number of nitrogens with zero attached hydrogens (tertiary/aromatic N) is 2. The van der Waals surface area contributed by atoms with E-state index in [1.165, 1.54) is 11.1 Å². The van der Waals surface area contributed by atoms with Crippen molar-refractivity contribution in [2.75, 3.05) is 19.7 Å². The molecule has 0 bridgehead atoms. The van der Waals surface area contributed by atoms with Gasteiger partial charge in [0.15, 0.2) is 0 Å². The van der Waals surface area contributed by atoms with Crippen LogP contribution in [0.1, 0.15) is 30.9 Å². The average Bonchev–Trinajstić information content (AvgIpc) is 3.04. The molecule has 0 saturated carbocycles. The lowest BCUT2D eigenvalue weighted by Crippen LogP contribution is -2.38. The predicted molar refractivity (Wildman–Crippen MR) is 93.4 cm³/mol. The van der Waals surface area contributed by atoms with Gasteiger partial charge < -0.3 is 4.74 Å². The number of esters is 1. The fourth-order valence-electron chi connectivity index (χ4n) is 3.29. The zero-order chi connectivity index (χ0) is 16.9. The Hall–Kier alpha value is -2.14. The summed E-state index contributed by atoms with van der Waals surface area (Å²) < 4.78 is 5.19. The van der Waals surface area contributed by atoms with Gasteiger partial charge in [0, 0.05) is 18.7 Å². The first kappa shape index (κ1) is 16.7. The predicted octanol–water partition coefficient (Wildman–Crippen LogP) is 3.16. The lowest BCUT2D eigenvalue weighted by molar-refractivity contribution is -0.150. The molecule has 128 valence electrons. The van der Waals surface area contributed by atoms with E-state index in [1.807, 2.05) is 13.1 Å². The summed E-state index contributed by atoms with van der Waals surface area (Å²) in [6.07, 6.45) is 3.84. The molecule has 2 aromatic rings. The summed E-state index contributed by atoms with van der Waals surface area (Å²) >= 11 is 0. The van der Waals surface area contributed by atoms with E-state index in [1.54, 1.807) is 0 Å². The van der Waals surface area contributed by atoms with Crippen LogP contribution >= 0.6 is 0 Å². The van der Waals surface area contributed by atoms with Crippen LogP contribution in [0.4, 0.5) is 0 Å². The van der Waals surface area contributed by atoms with Crippen LogP contribution in [-0.4, -0.2) is 40.8 Å². The smallest absolute Gasteiger partial charge is 0.310 e. The number of rotatable bonds is 5. The molecule has 1 aliphatic rings. The first-order valence-electron chi connectivity index (χ1n) is 8.65. The number of aryl methyl sites for hydroxylation is 1. The highest BCUT2D eigenvalue weighted by atomic mass is 16.5. The maximum absolute atomic E-state index is 12.0. The minimum absolute atomic E-state index is 0.00609. The molecule has 1 aromatic heterocycles. The molecule has 0 unspecified atom stereocenters. The minimum Gasteiger partial charge on any atom is -0.466 e.